The molecule has 0 saturated carbocycles. The number of aromatic nitrogens is 3. The van der Waals surface area contributed by atoms with E-state index in [1.54, 1.807) is 19.2 Å². The van der Waals surface area contributed by atoms with Crippen LogP contribution in [0.4, 0.5) is 0 Å². The minimum atomic E-state index is -0.127. The molecule has 0 radical (unpaired) electrons. The lowest BCUT2D eigenvalue weighted by Crippen LogP contribution is -2.20. The zero-order chi connectivity index (χ0) is 9.42. The summed E-state index contributed by atoms with van der Waals surface area (Å²) in [5.74, 6) is 0. The van der Waals surface area contributed by atoms with Crippen LogP contribution in [0, 0.1) is 0 Å². The van der Waals surface area contributed by atoms with Crippen LogP contribution in [0.5, 0.6) is 0 Å². The van der Waals surface area contributed by atoms with Crippen molar-refractivity contribution in [3.05, 3.63) is 33.0 Å². The summed E-state index contributed by atoms with van der Waals surface area (Å²) >= 11 is 3.30. The molecule has 0 aliphatic carbocycles. The van der Waals surface area contributed by atoms with E-state index >= 15 is 0 Å². The lowest BCUT2D eigenvalue weighted by atomic mass is 10.2. The highest BCUT2D eigenvalue weighted by atomic mass is 79.9. The summed E-state index contributed by atoms with van der Waals surface area (Å²) < 4.78 is 2.11. The first-order valence-electron chi connectivity index (χ1n) is 3.68. The summed E-state index contributed by atoms with van der Waals surface area (Å²) in [6, 6.07) is 5.31. The Bertz CT molecular complexity index is 520. The predicted octanol–water partition coefficient (Wildman–Crippen LogP) is 1.09. The molecule has 1 aromatic heterocycles. The maximum atomic E-state index is 11.5. The second kappa shape index (κ2) is 2.92. The molecule has 66 valence electrons. The fraction of sp³-hybridized carbons (Fsp3) is 0.125. The number of benzene rings is 1. The van der Waals surface area contributed by atoms with Crippen LogP contribution in [0.2, 0.25) is 0 Å². The van der Waals surface area contributed by atoms with Crippen molar-refractivity contribution >= 4 is 26.8 Å². The van der Waals surface area contributed by atoms with Crippen molar-refractivity contribution in [2.75, 3.05) is 0 Å². The van der Waals surface area contributed by atoms with E-state index in [0.717, 1.165) is 4.47 Å². The Morgan fingerprint density at radius 2 is 2.23 bits per heavy atom. The van der Waals surface area contributed by atoms with E-state index < -0.39 is 0 Å². The molecule has 0 aliphatic heterocycles. The quantitative estimate of drug-likeness (QED) is 0.692. The molecule has 0 unspecified atom stereocenters. The Morgan fingerprint density at radius 1 is 1.46 bits per heavy atom. The minimum absolute atomic E-state index is 0.127. The van der Waals surface area contributed by atoms with Gasteiger partial charge in [0.05, 0.1) is 5.39 Å². The van der Waals surface area contributed by atoms with Gasteiger partial charge in [-0.2, -0.15) is 0 Å². The van der Waals surface area contributed by atoms with Crippen molar-refractivity contribution in [1.29, 1.82) is 0 Å². The van der Waals surface area contributed by atoms with E-state index in [4.69, 9.17) is 0 Å². The second-order valence-corrected chi connectivity index (χ2v) is 3.60. The fourth-order valence-corrected chi connectivity index (χ4v) is 1.45. The molecule has 2 aromatic rings. The lowest BCUT2D eigenvalue weighted by Gasteiger charge is -1.98. The zero-order valence-electron chi connectivity index (χ0n) is 6.86. The topological polar surface area (TPSA) is 47.8 Å². The molecule has 0 aliphatic rings. The number of aryl methyl sites for hydroxylation is 1. The van der Waals surface area contributed by atoms with Crippen LogP contribution < -0.4 is 5.56 Å². The third-order valence-electron chi connectivity index (χ3n) is 1.77. The molecular weight excluding hydrogens is 234 g/mol. The van der Waals surface area contributed by atoms with Gasteiger partial charge in [0, 0.05) is 11.5 Å². The average Bonchev–Trinajstić information content (AvgIpc) is 2.12. The van der Waals surface area contributed by atoms with Crippen LogP contribution in [0.15, 0.2) is 27.5 Å². The van der Waals surface area contributed by atoms with Crippen LogP contribution in [-0.2, 0) is 7.05 Å². The van der Waals surface area contributed by atoms with Gasteiger partial charge < -0.3 is 0 Å². The second-order valence-electron chi connectivity index (χ2n) is 2.68. The minimum Gasteiger partial charge on any atom is -0.267 e. The van der Waals surface area contributed by atoms with Gasteiger partial charge in [-0.25, -0.2) is 4.68 Å². The van der Waals surface area contributed by atoms with Crippen molar-refractivity contribution < 1.29 is 0 Å². The summed E-state index contributed by atoms with van der Waals surface area (Å²) in [7, 11) is 1.58. The number of hydrogen-bond donors (Lipinski definition) is 0. The fourth-order valence-electron chi connectivity index (χ4n) is 1.10. The third kappa shape index (κ3) is 1.35. The molecule has 2 rings (SSSR count). The van der Waals surface area contributed by atoms with Crippen LogP contribution in [0.25, 0.3) is 10.9 Å². The lowest BCUT2D eigenvalue weighted by molar-refractivity contribution is 0.656. The Morgan fingerprint density at radius 3 is 3.00 bits per heavy atom. The van der Waals surface area contributed by atoms with E-state index in [1.807, 2.05) is 6.07 Å². The van der Waals surface area contributed by atoms with Crippen LogP contribution in [0.1, 0.15) is 0 Å². The average molecular weight is 240 g/mol. The Hall–Kier alpha value is -1.23. The summed E-state index contributed by atoms with van der Waals surface area (Å²) in [5.41, 5.74) is 0.481. The SMILES string of the molecule is Cn1nnc2cc(Br)ccc2c1=O. The molecule has 0 bridgehead atoms. The van der Waals surface area contributed by atoms with Crippen LogP contribution in [0.3, 0.4) is 0 Å². The normalized spacial score (nSPS) is 10.6. The van der Waals surface area contributed by atoms with Gasteiger partial charge in [0.2, 0.25) is 0 Å². The highest BCUT2D eigenvalue weighted by Gasteiger charge is 2.02. The van der Waals surface area contributed by atoms with Gasteiger partial charge in [-0.15, -0.1) is 5.10 Å². The van der Waals surface area contributed by atoms with Crippen LogP contribution >= 0.6 is 15.9 Å². The molecule has 0 N–H and O–H groups in total. The van der Waals surface area contributed by atoms with Gasteiger partial charge in [0.25, 0.3) is 5.56 Å². The molecule has 5 heteroatoms. The Kier molecular flexibility index (Phi) is 1.88. The van der Waals surface area contributed by atoms with Gasteiger partial charge >= 0.3 is 0 Å². The molecular formula is C8H6BrN3O. The van der Waals surface area contributed by atoms with Crippen molar-refractivity contribution in [3.63, 3.8) is 0 Å². The number of fused-ring (bicyclic) bond motifs is 1. The van der Waals surface area contributed by atoms with Crippen molar-refractivity contribution in [3.8, 4) is 0 Å². The van der Waals surface area contributed by atoms with Gasteiger partial charge in [-0.05, 0) is 18.2 Å². The standard InChI is InChI=1S/C8H6BrN3O/c1-12-8(13)6-3-2-5(9)4-7(6)10-11-12/h2-4H,1H3. The van der Waals surface area contributed by atoms with E-state index in [2.05, 4.69) is 26.2 Å². The molecule has 0 saturated heterocycles. The van der Waals surface area contributed by atoms with E-state index in [1.165, 1.54) is 4.68 Å². The van der Waals surface area contributed by atoms with Gasteiger partial charge in [-0.1, -0.05) is 21.1 Å². The van der Waals surface area contributed by atoms with E-state index in [-0.39, 0.29) is 5.56 Å². The molecule has 13 heavy (non-hydrogen) atoms. The smallest absolute Gasteiger partial charge is 0.267 e. The third-order valence-corrected chi connectivity index (χ3v) is 2.26. The highest BCUT2D eigenvalue weighted by molar-refractivity contribution is 9.10. The summed E-state index contributed by atoms with van der Waals surface area (Å²) in [4.78, 5) is 11.5. The van der Waals surface area contributed by atoms with Crippen LogP contribution in [-0.4, -0.2) is 15.0 Å². The largest absolute Gasteiger partial charge is 0.277 e. The molecule has 4 nitrogen and oxygen atoms in total. The monoisotopic (exact) mass is 239 g/mol. The Labute approximate surface area is 82.3 Å². The zero-order valence-corrected chi connectivity index (χ0v) is 8.45. The van der Waals surface area contributed by atoms with Gasteiger partial charge in [0.15, 0.2) is 0 Å². The van der Waals surface area contributed by atoms with Crippen molar-refractivity contribution in [2.24, 2.45) is 7.05 Å². The maximum Gasteiger partial charge on any atom is 0.277 e. The van der Waals surface area contributed by atoms with Crippen molar-refractivity contribution in [1.82, 2.24) is 15.0 Å². The maximum absolute atomic E-state index is 11.5. The van der Waals surface area contributed by atoms with E-state index in [9.17, 15) is 4.79 Å². The molecule has 0 amide bonds. The molecule has 0 atom stereocenters. The summed E-state index contributed by atoms with van der Waals surface area (Å²) in [5, 5.41) is 8.15. The number of halogens is 1. The molecule has 0 spiro atoms. The highest BCUT2D eigenvalue weighted by Crippen LogP contribution is 2.13. The molecule has 1 heterocycles. The molecule has 0 fully saturated rings. The van der Waals surface area contributed by atoms with E-state index in [0.29, 0.717) is 10.9 Å². The first-order valence-corrected chi connectivity index (χ1v) is 4.47. The first-order chi connectivity index (χ1) is 6.18. The predicted molar refractivity (Wildman–Crippen MR) is 52.5 cm³/mol. The number of nitrogens with zero attached hydrogens (tertiary/aromatic N) is 3. The van der Waals surface area contributed by atoms with Gasteiger partial charge in [0.1, 0.15) is 5.52 Å². The van der Waals surface area contributed by atoms with Crippen molar-refractivity contribution in [2.45, 2.75) is 0 Å². The number of rotatable bonds is 0. The summed E-state index contributed by atoms with van der Waals surface area (Å²) in [6.45, 7) is 0. The Balaban J connectivity index is 2.95. The van der Waals surface area contributed by atoms with Gasteiger partial charge in [-0.3, -0.25) is 4.79 Å². The first kappa shape index (κ1) is 8.37. The molecule has 1 aromatic carbocycles. The summed E-state index contributed by atoms with van der Waals surface area (Å²) in [6.07, 6.45) is 0. The number of hydrogen-bond acceptors (Lipinski definition) is 3.